The third-order valence-corrected chi connectivity index (χ3v) is 3.66. The van der Waals surface area contributed by atoms with E-state index in [1.54, 1.807) is 0 Å². The van der Waals surface area contributed by atoms with E-state index in [9.17, 15) is 9.90 Å². The summed E-state index contributed by atoms with van der Waals surface area (Å²) in [6.45, 7) is 4.83. The molecule has 92 valence electrons. The number of nitrogens with one attached hydrogen (secondary N) is 1. The molecule has 1 heterocycles. The normalized spacial score (nSPS) is 31.1. The van der Waals surface area contributed by atoms with Crippen LogP contribution in [0.3, 0.4) is 0 Å². The molecule has 2 N–H and O–H groups in total. The van der Waals surface area contributed by atoms with Crippen LogP contribution < -0.4 is 5.32 Å². The lowest BCUT2D eigenvalue weighted by molar-refractivity contribution is -0.142. The summed E-state index contributed by atoms with van der Waals surface area (Å²) in [7, 11) is 0. The molecule has 1 saturated heterocycles. The van der Waals surface area contributed by atoms with Crippen molar-refractivity contribution < 1.29 is 9.90 Å². The molecule has 1 saturated carbocycles. The lowest BCUT2D eigenvalue weighted by Gasteiger charge is -2.45. The highest BCUT2D eigenvalue weighted by atomic mass is 16.3. The molecule has 1 amide bonds. The van der Waals surface area contributed by atoms with Crippen molar-refractivity contribution in [3.63, 3.8) is 0 Å². The first kappa shape index (κ1) is 11.9. The van der Waals surface area contributed by atoms with Crippen molar-refractivity contribution in [3.8, 4) is 0 Å². The minimum absolute atomic E-state index is 0.0775. The molecule has 1 aliphatic heterocycles. The smallest absolute Gasteiger partial charge is 0.242 e. The van der Waals surface area contributed by atoms with Crippen LogP contribution in [-0.4, -0.2) is 46.7 Å². The van der Waals surface area contributed by atoms with Crippen molar-refractivity contribution in [3.05, 3.63) is 0 Å². The number of hydrogen-bond donors (Lipinski definition) is 2. The van der Waals surface area contributed by atoms with Crippen LogP contribution in [0.4, 0.5) is 0 Å². The molecule has 1 aliphatic carbocycles. The molecule has 0 radical (unpaired) electrons. The van der Waals surface area contributed by atoms with E-state index in [1.807, 2.05) is 4.90 Å². The lowest BCUT2D eigenvalue weighted by atomic mass is 9.96. The molecule has 16 heavy (non-hydrogen) atoms. The van der Waals surface area contributed by atoms with E-state index in [2.05, 4.69) is 19.2 Å². The number of carbonyl (C=O) groups is 1. The lowest BCUT2D eigenvalue weighted by Crippen LogP contribution is -2.67. The maximum absolute atomic E-state index is 12.1. The Balaban J connectivity index is 2.12. The molecule has 2 fully saturated rings. The third kappa shape index (κ3) is 2.23. The fourth-order valence-electron chi connectivity index (χ4n) is 2.93. The van der Waals surface area contributed by atoms with E-state index in [-0.39, 0.29) is 18.1 Å². The molecule has 2 rings (SSSR count). The molecular weight excluding hydrogens is 204 g/mol. The summed E-state index contributed by atoms with van der Waals surface area (Å²) in [5, 5.41) is 12.4. The Morgan fingerprint density at radius 3 is 2.62 bits per heavy atom. The van der Waals surface area contributed by atoms with Gasteiger partial charge in [0.2, 0.25) is 5.91 Å². The molecule has 4 nitrogen and oxygen atoms in total. The Morgan fingerprint density at radius 2 is 2.06 bits per heavy atom. The van der Waals surface area contributed by atoms with Crippen LogP contribution in [0, 0.1) is 0 Å². The number of hydrogen-bond acceptors (Lipinski definition) is 3. The summed E-state index contributed by atoms with van der Waals surface area (Å²) in [6.07, 6.45) is 4.71. The number of aliphatic hydroxyl groups excluding tert-OH is 1. The third-order valence-electron chi connectivity index (χ3n) is 3.66. The highest BCUT2D eigenvalue weighted by molar-refractivity contribution is 5.83. The summed E-state index contributed by atoms with van der Waals surface area (Å²) >= 11 is 0. The van der Waals surface area contributed by atoms with E-state index in [0.717, 1.165) is 19.4 Å². The first-order chi connectivity index (χ1) is 7.53. The number of rotatable bonds is 2. The zero-order valence-electron chi connectivity index (χ0n) is 10.2. The molecule has 4 heteroatoms. The Labute approximate surface area is 97.0 Å². The number of carbonyl (C=O) groups excluding carboxylic acids is 1. The van der Waals surface area contributed by atoms with Gasteiger partial charge in [0.05, 0.1) is 6.61 Å². The molecule has 0 aromatic heterocycles. The Bertz CT molecular complexity index is 272. The minimum Gasteiger partial charge on any atom is -0.394 e. The van der Waals surface area contributed by atoms with Gasteiger partial charge in [-0.15, -0.1) is 0 Å². The van der Waals surface area contributed by atoms with Crippen LogP contribution in [-0.2, 0) is 4.79 Å². The number of nitrogens with zero attached hydrogens (tertiary/aromatic N) is 1. The van der Waals surface area contributed by atoms with Gasteiger partial charge in [-0.3, -0.25) is 10.1 Å². The number of piperazine rings is 1. The predicted octanol–water partition coefficient (Wildman–Crippen LogP) is 0.500. The van der Waals surface area contributed by atoms with Gasteiger partial charge in [-0.25, -0.2) is 0 Å². The van der Waals surface area contributed by atoms with E-state index < -0.39 is 6.04 Å². The maximum Gasteiger partial charge on any atom is 0.242 e. The fraction of sp³-hybridized carbons (Fsp3) is 0.917. The summed E-state index contributed by atoms with van der Waals surface area (Å²) < 4.78 is 0. The Morgan fingerprint density at radius 1 is 1.44 bits per heavy atom. The van der Waals surface area contributed by atoms with Gasteiger partial charge in [0.15, 0.2) is 0 Å². The monoisotopic (exact) mass is 226 g/mol. The standard InChI is InChI=1S/C12H22N2O2/c1-12(2)8-14(9-5-3-4-6-9)11(16)10(7-15)13-12/h9-10,13,15H,3-8H2,1-2H3. The van der Waals surface area contributed by atoms with Gasteiger partial charge in [-0.05, 0) is 26.7 Å². The first-order valence-electron chi connectivity index (χ1n) is 6.22. The van der Waals surface area contributed by atoms with Gasteiger partial charge in [0.1, 0.15) is 6.04 Å². The van der Waals surface area contributed by atoms with Crippen molar-refractivity contribution in [2.24, 2.45) is 0 Å². The van der Waals surface area contributed by atoms with Crippen molar-refractivity contribution in [1.82, 2.24) is 10.2 Å². The molecule has 0 spiro atoms. The molecule has 0 aromatic carbocycles. The largest absolute Gasteiger partial charge is 0.394 e. The average Bonchev–Trinajstić information content (AvgIpc) is 2.74. The summed E-state index contributed by atoms with van der Waals surface area (Å²) in [5.41, 5.74) is -0.0934. The number of amides is 1. The minimum atomic E-state index is -0.413. The summed E-state index contributed by atoms with van der Waals surface area (Å²) in [5.74, 6) is 0.0775. The highest BCUT2D eigenvalue weighted by Crippen LogP contribution is 2.27. The van der Waals surface area contributed by atoms with Gasteiger partial charge < -0.3 is 10.0 Å². The van der Waals surface area contributed by atoms with Gasteiger partial charge in [0, 0.05) is 18.1 Å². The maximum atomic E-state index is 12.1. The Hall–Kier alpha value is -0.610. The number of aliphatic hydroxyl groups is 1. The van der Waals surface area contributed by atoms with Crippen LogP contribution in [0.25, 0.3) is 0 Å². The van der Waals surface area contributed by atoms with Crippen molar-refractivity contribution in [2.45, 2.75) is 57.2 Å². The van der Waals surface area contributed by atoms with Crippen LogP contribution in [0.1, 0.15) is 39.5 Å². The molecule has 2 aliphatic rings. The fourth-order valence-corrected chi connectivity index (χ4v) is 2.93. The summed E-state index contributed by atoms with van der Waals surface area (Å²) in [4.78, 5) is 14.1. The zero-order chi connectivity index (χ0) is 11.8. The van der Waals surface area contributed by atoms with Crippen LogP contribution in [0.2, 0.25) is 0 Å². The van der Waals surface area contributed by atoms with E-state index >= 15 is 0 Å². The molecule has 1 atom stereocenters. The first-order valence-corrected chi connectivity index (χ1v) is 6.22. The van der Waals surface area contributed by atoms with Crippen LogP contribution >= 0.6 is 0 Å². The molecular formula is C12H22N2O2. The average molecular weight is 226 g/mol. The summed E-state index contributed by atoms with van der Waals surface area (Å²) in [6, 6.07) is -0.00715. The quantitative estimate of drug-likeness (QED) is 0.721. The SMILES string of the molecule is CC1(C)CN(C2CCCC2)C(=O)C(CO)N1. The molecule has 0 aromatic rings. The van der Waals surface area contributed by atoms with E-state index in [4.69, 9.17) is 0 Å². The second-order valence-corrected chi connectivity index (χ2v) is 5.67. The van der Waals surface area contributed by atoms with Gasteiger partial charge >= 0.3 is 0 Å². The van der Waals surface area contributed by atoms with E-state index in [0.29, 0.717) is 6.04 Å². The molecule has 0 bridgehead atoms. The van der Waals surface area contributed by atoms with Crippen LogP contribution in [0.15, 0.2) is 0 Å². The molecule has 1 unspecified atom stereocenters. The van der Waals surface area contributed by atoms with E-state index in [1.165, 1.54) is 12.8 Å². The van der Waals surface area contributed by atoms with Gasteiger partial charge in [-0.2, -0.15) is 0 Å². The second kappa shape index (κ2) is 4.34. The van der Waals surface area contributed by atoms with Gasteiger partial charge in [0.25, 0.3) is 0 Å². The zero-order valence-corrected chi connectivity index (χ0v) is 10.2. The highest BCUT2D eigenvalue weighted by Gasteiger charge is 2.40. The topological polar surface area (TPSA) is 52.6 Å². The van der Waals surface area contributed by atoms with Gasteiger partial charge in [-0.1, -0.05) is 12.8 Å². The second-order valence-electron chi connectivity index (χ2n) is 5.67. The van der Waals surface area contributed by atoms with Crippen molar-refractivity contribution >= 4 is 5.91 Å². The van der Waals surface area contributed by atoms with Crippen molar-refractivity contribution in [2.75, 3.05) is 13.2 Å². The van der Waals surface area contributed by atoms with Crippen molar-refractivity contribution in [1.29, 1.82) is 0 Å². The predicted molar refractivity (Wildman–Crippen MR) is 62.1 cm³/mol. The van der Waals surface area contributed by atoms with Crippen LogP contribution in [0.5, 0.6) is 0 Å². The Kier molecular flexibility index (Phi) is 3.22.